The maximum atomic E-state index is 12.3. The number of aromatic amines is 1. The highest BCUT2D eigenvalue weighted by Crippen LogP contribution is 2.11. The molecule has 0 atom stereocenters. The number of methoxy groups -OCH3 is 1. The Hall–Kier alpha value is -3.19. The van der Waals surface area contributed by atoms with Crippen LogP contribution in [0.5, 0.6) is 5.75 Å². The van der Waals surface area contributed by atoms with Gasteiger partial charge in [-0.25, -0.2) is 4.98 Å². The SMILES string of the molecule is CCN(CC(=O)NCc1ccc(OC)cc1)Cc1nc2ccccc2c(=O)[nH]1. The van der Waals surface area contributed by atoms with Gasteiger partial charge in [0.05, 0.1) is 31.1 Å². The second kappa shape index (κ2) is 9.14. The Morgan fingerprint density at radius 1 is 1.18 bits per heavy atom. The van der Waals surface area contributed by atoms with E-state index in [4.69, 9.17) is 4.74 Å². The number of likely N-dealkylation sites (N-methyl/N-ethyl adjacent to an activating group) is 1. The lowest BCUT2D eigenvalue weighted by molar-refractivity contribution is -0.122. The average Bonchev–Trinajstić information content (AvgIpc) is 2.72. The molecule has 0 fully saturated rings. The van der Waals surface area contributed by atoms with Crippen molar-refractivity contribution >= 4 is 16.8 Å². The Morgan fingerprint density at radius 3 is 2.64 bits per heavy atom. The molecule has 7 heteroatoms. The predicted octanol–water partition coefficient (Wildman–Crippen LogP) is 2.07. The van der Waals surface area contributed by atoms with Crippen LogP contribution in [0.25, 0.3) is 10.9 Å². The van der Waals surface area contributed by atoms with E-state index < -0.39 is 0 Å². The highest BCUT2D eigenvalue weighted by atomic mass is 16.5. The number of nitrogens with one attached hydrogen (secondary N) is 2. The number of ether oxygens (including phenoxy) is 1. The van der Waals surface area contributed by atoms with Gasteiger partial charge in [-0.15, -0.1) is 0 Å². The molecule has 0 bridgehead atoms. The lowest BCUT2D eigenvalue weighted by Gasteiger charge is -2.19. The van der Waals surface area contributed by atoms with E-state index in [1.807, 2.05) is 54.3 Å². The molecule has 3 aromatic rings. The van der Waals surface area contributed by atoms with Crippen LogP contribution in [0, 0.1) is 0 Å². The summed E-state index contributed by atoms with van der Waals surface area (Å²) in [5.74, 6) is 1.25. The maximum absolute atomic E-state index is 12.3. The van der Waals surface area contributed by atoms with Crippen LogP contribution in [0.2, 0.25) is 0 Å². The quantitative estimate of drug-likeness (QED) is 0.625. The van der Waals surface area contributed by atoms with Gasteiger partial charge in [0.25, 0.3) is 5.56 Å². The van der Waals surface area contributed by atoms with Crippen molar-refractivity contribution in [2.75, 3.05) is 20.2 Å². The fourth-order valence-electron chi connectivity index (χ4n) is 2.90. The van der Waals surface area contributed by atoms with Crippen LogP contribution in [-0.4, -0.2) is 41.0 Å². The average molecular weight is 380 g/mol. The Bertz CT molecular complexity index is 998. The summed E-state index contributed by atoms with van der Waals surface area (Å²) in [7, 11) is 1.62. The largest absolute Gasteiger partial charge is 0.497 e. The third kappa shape index (κ3) is 4.95. The number of hydrogen-bond donors (Lipinski definition) is 2. The van der Waals surface area contributed by atoms with Gasteiger partial charge in [-0.05, 0) is 36.4 Å². The van der Waals surface area contributed by atoms with Crippen LogP contribution in [0.1, 0.15) is 18.3 Å². The van der Waals surface area contributed by atoms with E-state index in [2.05, 4.69) is 15.3 Å². The van der Waals surface area contributed by atoms with Gasteiger partial charge in [-0.2, -0.15) is 0 Å². The number of amides is 1. The number of fused-ring (bicyclic) bond motifs is 1. The van der Waals surface area contributed by atoms with E-state index in [0.717, 1.165) is 11.3 Å². The highest BCUT2D eigenvalue weighted by molar-refractivity contribution is 5.78. The second-order valence-corrected chi connectivity index (χ2v) is 6.46. The molecule has 1 amide bonds. The van der Waals surface area contributed by atoms with Crippen molar-refractivity contribution in [1.82, 2.24) is 20.2 Å². The molecule has 1 aromatic heterocycles. The fraction of sp³-hybridized carbons (Fsp3) is 0.286. The number of benzene rings is 2. The summed E-state index contributed by atoms with van der Waals surface area (Å²) in [6.45, 7) is 3.70. The summed E-state index contributed by atoms with van der Waals surface area (Å²) in [5.41, 5.74) is 1.49. The molecule has 3 rings (SSSR count). The van der Waals surface area contributed by atoms with Crippen LogP contribution >= 0.6 is 0 Å². The van der Waals surface area contributed by atoms with Gasteiger partial charge in [0.2, 0.25) is 5.91 Å². The normalized spacial score (nSPS) is 11.0. The summed E-state index contributed by atoms with van der Waals surface area (Å²) >= 11 is 0. The number of H-pyrrole nitrogens is 1. The number of carbonyl (C=O) groups excluding carboxylic acids is 1. The topological polar surface area (TPSA) is 87.3 Å². The van der Waals surface area contributed by atoms with Crippen molar-refractivity contribution in [3.63, 3.8) is 0 Å². The molecule has 0 saturated heterocycles. The summed E-state index contributed by atoms with van der Waals surface area (Å²) in [4.78, 5) is 33.7. The molecule has 0 saturated carbocycles. The first-order valence-corrected chi connectivity index (χ1v) is 9.19. The first-order chi connectivity index (χ1) is 13.6. The minimum absolute atomic E-state index is 0.0826. The highest BCUT2D eigenvalue weighted by Gasteiger charge is 2.12. The van der Waals surface area contributed by atoms with E-state index in [0.29, 0.717) is 36.4 Å². The Kier molecular flexibility index (Phi) is 6.39. The van der Waals surface area contributed by atoms with E-state index in [-0.39, 0.29) is 18.0 Å². The Balaban J connectivity index is 1.59. The number of rotatable bonds is 8. The third-order valence-electron chi connectivity index (χ3n) is 4.50. The van der Waals surface area contributed by atoms with Crippen molar-refractivity contribution in [1.29, 1.82) is 0 Å². The molecule has 0 aliphatic carbocycles. The smallest absolute Gasteiger partial charge is 0.258 e. The van der Waals surface area contributed by atoms with E-state index >= 15 is 0 Å². The molecule has 0 unspecified atom stereocenters. The standard InChI is InChI=1S/C21H24N4O3/c1-3-25(13-19-23-18-7-5-4-6-17(18)21(27)24-19)14-20(26)22-12-15-8-10-16(28-2)11-9-15/h4-11H,3,12-14H2,1-2H3,(H,22,26)(H,23,24,27). The zero-order chi connectivity index (χ0) is 19.9. The van der Waals surface area contributed by atoms with Crippen molar-refractivity contribution in [2.45, 2.75) is 20.0 Å². The Morgan fingerprint density at radius 2 is 1.93 bits per heavy atom. The number of carbonyl (C=O) groups is 1. The molecule has 2 aromatic carbocycles. The van der Waals surface area contributed by atoms with Crippen LogP contribution < -0.4 is 15.6 Å². The molecular formula is C21H24N4O3. The minimum atomic E-state index is -0.166. The van der Waals surface area contributed by atoms with Gasteiger partial charge in [0.15, 0.2) is 0 Å². The zero-order valence-corrected chi connectivity index (χ0v) is 16.1. The van der Waals surface area contributed by atoms with Crippen LogP contribution in [0.15, 0.2) is 53.3 Å². The molecule has 0 aliphatic heterocycles. The number of nitrogens with zero attached hydrogens (tertiary/aromatic N) is 2. The van der Waals surface area contributed by atoms with Gasteiger partial charge < -0.3 is 15.0 Å². The van der Waals surface area contributed by atoms with Crippen molar-refractivity contribution in [3.05, 3.63) is 70.3 Å². The predicted molar refractivity (Wildman–Crippen MR) is 108 cm³/mol. The molecule has 0 spiro atoms. The number of hydrogen-bond acceptors (Lipinski definition) is 5. The summed E-state index contributed by atoms with van der Waals surface area (Å²) < 4.78 is 5.13. The first kappa shape index (κ1) is 19.6. The monoisotopic (exact) mass is 380 g/mol. The second-order valence-electron chi connectivity index (χ2n) is 6.46. The molecule has 0 radical (unpaired) electrons. The summed E-state index contributed by atoms with van der Waals surface area (Å²) in [6, 6.07) is 14.8. The van der Waals surface area contributed by atoms with Gasteiger partial charge >= 0.3 is 0 Å². The molecule has 0 aliphatic rings. The van der Waals surface area contributed by atoms with E-state index in [1.54, 1.807) is 13.2 Å². The fourth-order valence-corrected chi connectivity index (χ4v) is 2.90. The minimum Gasteiger partial charge on any atom is -0.497 e. The van der Waals surface area contributed by atoms with Crippen molar-refractivity contribution in [2.24, 2.45) is 0 Å². The third-order valence-corrected chi connectivity index (χ3v) is 4.50. The lowest BCUT2D eigenvalue weighted by atomic mass is 10.2. The van der Waals surface area contributed by atoms with Crippen LogP contribution in [-0.2, 0) is 17.9 Å². The van der Waals surface area contributed by atoms with Crippen LogP contribution in [0.4, 0.5) is 0 Å². The molecule has 2 N–H and O–H groups in total. The first-order valence-electron chi connectivity index (χ1n) is 9.19. The Labute approximate surface area is 163 Å². The summed E-state index contributed by atoms with van der Waals surface area (Å²) in [5, 5.41) is 3.48. The van der Waals surface area contributed by atoms with Crippen LogP contribution in [0.3, 0.4) is 0 Å². The van der Waals surface area contributed by atoms with Gasteiger partial charge in [0.1, 0.15) is 11.6 Å². The molecule has 1 heterocycles. The van der Waals surface area contributed by atoms with Crippen molar-refractivity contribution in [3.8, 4) is 5.75 Å². The van der Waals surface area contributed by atoms with Gasteiger partial charge in [-0.1, -0.05) is 31.2 Å². The molecule has 28 heavy (non-hydrogen) atoms. The zero-order valence-electron chi connectivity index (χ0n) is 16.1. The summed E-state index contributed by atoms with van der Waals surface area (Å²) in [6.07, 6.45) is 0. The number of para-hydroxylation sites is 1. The van der Waals surface area contributed by atoms with Gasteiger partial charge in [-0.3, -0.25) is 14.5 Å². The molecule has 7 nitrogen and oxygen atoms in total. The van der Waals surface area contributed by atoms with E-state index in [9.17, 15) is 9.59 Å². The lowest BCUT2D eigenvalue weighted by Crippen LogP contribution is -2.37. The van der Waals surface area contributed by atoms with Gasteiger partial charge in [0, 0.05) is 6.54 Å². The van der Waals surface area contributed by atoms with Crippen molar-refractivity contribution < 1.29 is 9.53 Å². The van der Waals surface area contributed by atoms with E-state index in [1.165, 1.54) is 0 Å². The molecular weight excluding hydrogens is 356 g/mol. The number of aromatic nitrogens is 2. The maximum Gasteiger partial charge on any atom is 0.258 e. The molecule has 146 valence electrons.